The van der Waals surface area contributed by atoms with E-state index in [1.807, 2.05) is 25.3 Å². The van der Waals surface area contributed by atoms with Crippen molar-refractivity contribution < 1.29 is 4.79 Å². The first-order valence-electron chi connectivity index (χ1n) is 7.94. The molecule has 3 heterocycles. The number of amides is 1. The van der Waals surface area contributed by atoms with Crippen LogP contribution in [0.25, 0.3) is 16.8 Å². The molecule has 0 saturated carbocycles. The van der Waals surface area contributed by atoms with Crippen molar-refractivity contribution in [2.45, 2.75) is 6.92 Å². The maximum absolute atomic E-state index is 12.3. The molecule has 0 aliphatic heterocycles. The second-order valence-corrected chi connectivity index (χ2v) is 6.21. The van der Waals surface area contributed by atoms with Crippen LogP contribution in [0.2, 0.25) is 5.02 Å². The van der Waals surface area contributed by atoms with Gasteiger partial charge in [0.2, 0.25) is 0 Å². The fourth-order valence-electron chi connectivity index (χ4n) is 2.72. The number of halogens is 1. The molecule has 26 heavy (non-hydrogen) atoms. The van der Waals surface area contributed by atoms with Crippen LogP contribution < -0.4 is 5.32 Å². The maximum atomic E-state index is 12.3. The molecule has 0 aliphatic rings. The molecular formula is C19H14ClN5O. The zero-order chi connectivity index (χ0) is 18.1. The van der Waals surface area contributed by atoms with E-state index in [1.54, 1.807) is 41.0 Å². The van der Waals surface area contributed by atoms with Crippen molar-refractivity contribution in [3.8, 4) is 11.1 Å². The average molecular weight is 364 g/mol. The average Bonchev–Trinajstić information content (AvgIpc) is 3.09. The number of nitrogens with zero attached hydrogens (tertiary/aromatic N) is 4. The van der Waals surface area contributed by atoms with Crippen LogP contribution in [0.4, 0.5) is 5.82 Å². The van der Waals surface area contributed by atoms with Crippen molar-refractivity contribution >= 4 is 29.0 Å². The standard InChI is InChI=1S/C19H14ClN5O/c1-12-8-18-22-11-23-25(18)10-15(12)13-6-7-17(21-9-13)24-19(26)14-4-2-3-5-16(14)20/h2-11H,1H3,(H,21,24,26). The number of hydrogen-bond acceptors (Lipinski definition) is 4. The van der Waals surface area contributed by atoms with E-state index in [-0.39, 0.29) is 5.91 Å². The predicted octanol–water partition coefficient (Wildman–Crippen LogP) is 4.01. The third-order valence-electron chi connectivity index (χ3n) is 4.06. The first kappa shape index (κ1) is 16.2. The number of nitrogens with one attached hydrogen (secondary N) is 1. The number of fused-ring (bicyclic) bond motifs is 1. The van der Waals surface area contributed by atoms with Gasteiger partial charge in [-0.05, 0) is 42.8 Å². The van der Waals surface area contributed by atoms with Crippen LogP contribution >= 0.6 is 11.6 Å². The van der Waals surface area contributed by atoms with Crippen LogP contribution in [0.3, 0.4) is 0 Å². The molecule has 0 aliphatic carbocycles. The number of aromatic nitrogens is 4. The maximum Gasteiger partial charge on any atom is 0.258 e. The van der Waals surface area contributed by atoms with Gasteiger partial charge >= 0.3 is 0 Å². The Labute approximate surface area is 154 Å². The minimum atomic E-state index is -0.295. The number of rotatable bonds is 3. The van der Waals surface area contributed by atoms with Crippen LogP contribution in [-0.4, -0.2) is 25.5 Å². The third kappa shape index (κ3) is 3.02. The molecule has 0 radical (unpaired) electrons. The summed E-state index contributed by atoms with van der Waals surface area (Å²) in [5.41, 5.74) is 4.20. The second kappa shape index (κ2) is 6.57. The van der Waals surface area contributed by atoms with Crippen LogP contribution in [0.1, 0.15) is 15.9 Å². The summed E-state index contributed by atoms with van der Waals surface area (Å²) in [6.07, 6.45) is 5.15. The molecule has 1 N–H and O–H groups in total. The Morgan fingerprint density at radius 3 is 2.77 bits per heavy atom. The number of pyridine rings is 2. The van der Waals surface area contributed by atoms with E-state index in [0.29, 0.717) is 16.4 Å². The first-order valence-corrected chi connectivity index (χ1v) is 8.32. The Morgan fingerprint density at radius 2 is 2.00 bits per heavy atom. The zero-order valence-corrected chi connectivity index (χ0v) is 14.6. The number of carbonyl (C=O) groups is 1. The van der Waals surface area contributed by atoms with Crippen LogP contribution in [0, 0.1) is 6.92 Å². The summed E-state index contributed by atoms with van der Waals surface area (Å²) in [5.74, 6) is 0.161. The van der Waals surface area contributed by atoms with Gasteiger partial charge in [0.15, 0.2) is 5.65 Å². The highest BCUT2D eigenvalue weighted by Crippen LogP contribution is 2.24. The van der Waals surface area contributed by atoms with Gasteiger partial charge in [-0.1, -0.05) is 23.7 Å². The number of hydrogen-bond donors (Lipinski definition) is 1. The monoisotopic (exact) mass is 363 g/mol. The van der Waals surface area contributed by atoms with Gasteiger partial charge in [-0.2, -0.15) is 5.10 Å². The van der Waals surface area contributed by atoms with Crippen molar-refractivity contribution in [2.75, 3.05) is 5.32 Å². The minimum absolute atomic E-state index is 0.295. The van der Waals surface area contributed by atoms with Gasteiger partial charge < -0.3 is 5.32 Å². The van der Waals surface area contributed by atoms with Crippen molar-refractivity contribution in [1.82, 2.24) is 19.6 Å². The molecule has 7 heteroatoms. The van der Waals surface area contributed by atoms with E-state index in [2.05, 4.69) is 20.4 Å². The highest BCUT2D eigenvalue weighted by atomic mass is 35.5. The van der Waals surface area contributed by atoms with Gasteiger partial charge in [-0.15, -0.1) is 0 Å². The molecule has 0 unspecified atom stereocenters. The summed E-state index contributed by atoms with van der Waals surface area (Å²) < 4.78 is 1.72. The summed E-state index contributed by atoms with van der Waals surface area (Å²) in [7, 11) is 0. The quantitative estimate of drug-likeness (QED) is 0.597. The zero-order valence-electron chi connectivity index (χ0n) is 13.8. The number of anilines is 1. The summed E-state index contributed by atoms with van der Waals surface area (Å²) in [5, 5.41) is 7.32. The molecule has 0 atom stereocenters. The Morgan fingerprint density at radius 1 is 1.15 bits per heavy atom. The Hall–Kier alpha value is -3.25. The summed E-state index contributed by atoms with van der Waals surface area (Å²) in [4.78, 5) is 20.8. The van der Waals surface area contributed by atoms with Crippen LogP contribution in [0.15, 0.2) is 61.2 Å². The van der Waals surface area contributed by atoms with Gasteiger partial charge in [0, 0.05) is 23.5 Å². The third-order valence-corrected chi connectivity index (χ3v) is 4.39. The van der Waals surface area contributed by atoms with Gasteiger partial charge in [-0.25, -0.2) is 14.5 Å². The molecular weight excluding hydrogens is 350 g/mol. The second-order valence-electron chi connectivity index (χ2n) is 5.80. The first-order chi connectivity index (χ1) is 12.6. The van der Waals surface area contributed by atoms with Crippen molar-refractivity contribution in [3.05, 3.63) is 77.3 Å². The molecule has 1 aromatic carbocycles. The normalized spacial score (nSPS) is 10.8. The van der Waals surface area contributed by atoms with Gasteiger partial charge in [0.25, 0.3) is 5.91 Å². The molecule has 3 aromatic heterocycles. The Bertz CT molecular complexity index is 1100. The summed E-state index contributed by atoms with van der Waals surface area (Å²) in [6, 6.07) is 12.5. The smallest absolute Gasteiger partial charge is 0.258 e. The lowest BCUT2D eigenvalue weighted by Crippen LogP contribution is -2.13. The summed E-state index contributed by atoms with van der Waals surface area (Å²) in [6.45, 7) is 2.01. The van der Waals surface area contributed by atoms with Gasteiger partial charge in [-0.3, -0.25) is 4.79 Å². The number of carbonyl (C=O) groups excluding carboxylic acids is 1. The minimum Gasteiger partial charge on any atom is -0.307 e. The van der Waals surface area contributed by atoms with E-state index in [1.165, 1.54) is 6.33 Å². The lowest BCUT2D eigenvalue weighted by Gasteiger charge is -2.09. The lowest BCUT2D eigenvalue weighted by atomic mass is 10.1. The molecule has 0 bridgehead atoms. The van der Waals surface area contributed by atoms with Crippen molar-refractivity contribution in [1.29, 1.82) is 0 Å². The summed E-state index contributed by atoms with van der Waals surface area (Å²) >= 11 is 6.05. The van der Waals surface area contributed by atoms with E-state index in [0.717, 1.165) is 22.3 Å². The number of aryl methyl sites for hydroxylation is 1. The molecule has 6 nitrogen and oxygen atoms in total. The van der Waals surface area contributed by atoms with E-state index in [4.69, 9.17) is 11.6 Å². The SMILES string of the molecule is Cc1cc2ncnn2cc1-c1ccc(NC(=O)c2ccccc2Cl)nc1. The molecule has 0 fully saturated rings. The number of benzene rings is 1. The van der Waals surface area contributed by atoms with E-state index < -0.39 is 0 Å². The Kier molecular flexibility index (Phi) is 4.10. The predicted molar refractivity (Wildman–Crippen MR) is 100 cm³/mol. The fourth-order valence-corrected chi connectivity index (χ4v) is 2.94. The van der Waals surface area contributed by atoms with Crippen molar-refractivity contribution in [3.63, 3.8) is 0 Å². The van der Waals surface area contributed by atoms with Crippen molar-refractivity contribution in [2.24, 2.45) is 0 Å². The molecule has 1 amide bonds. The van der Waals surface area contributed by atoms with Gasteiger partial charge in [0.05, 0.1) is 10.6 Å². The molecule has 4 aromatic rings. The van der Waals surface area contributed by atoms with Gasteiger partial charge in [0.1, 0.15) is 12.1 Å². The molecule has 128 valence electrons. The largest absolute Gasteiger partial charge is 0.307 e. The van der Waals surface area contributed by atoms with E-state index in [9.17, 15) is 4.79 Å². The van der Waals surface area contributed by atoms with Crippen LogP contribution in [0.5, 0.6) is 0 Å². The van der Waals surface area contributed by atoms with Crippen LogP contribution in [-0.2, 0) is 0 Å². The van der Waals surface area contributed by atoms with E-state index >= 15 is 0 Å². The molecule has 0 spiro atoms. The molecule has 4 rings (SSSR count). The molecule has 0 saturated heterocycles. The topological polar surface area (TPSA) is 72.2 Å². The highest BCUT2D eigenvalue weighted by molar-refractivity contribution is 6.34. The fraction of sp³-hybridized carbons (Fsp3) is 0.0526. The highest BCUT2D eigenvalue weighted by Gasteiger charge is 2.11. The Balaban J connectivity index is 1.59. The lowest BCUT2D eigenvalue weighted by molar-refractivity contribution is 0.102.